The van der Waals surface area contributed by atoms with Crippen LogP contribution in [0, 0.1) is 13.8 Å². The van der Waals surface area contributed by atoms with Crippen molar-refractivity contribution in [1.29, 1.82) is 0 Å². The van der Waals surface area contributed by atoms with Gasteiger partial charge in [0.25, 0.3) is 5.91 Å². The molecule has 0 spiro atoms. The minimum Gasteiger partial charge on any atom is -0.345 e. The number of hydrogen-bond donors (Lipinski definition) is 1. The first-order valence-electron chi connectivity index (χ1n) is 8.12. The summed E-state index contributed by atoms with van der Waals surface area (Å²) in [5, 5.41) is 3.13. The maximum atomic E-state index is 12.6. The van der Waals surface area contributed by atoms with Gasteiger partial charge in [-0.15, -0.1) is 0 Å². The number of sulfonamides is 1. The Balaban J connectivity index is 2.22. The van der Waals surface area contributed by atoms with Gasteiger partial charge in [0.05, 0.1) is 28.6 Å². The van der Waals surface area contributed by atoms with Crippen LogP contribution in [0.4, 0.5) is 5.69 Å². The maximum Gasteiger partial charge on any atom is 0.253 e. The van der Waals surface area contributed by atoms with Gasteiger partial charge in [0.15, 0.2) is 0 Å². The number of halogens is 1. The van der Waals surface area contributed by atoms with E-state index in [9.17, 15) is 13.2 Å². The molecule has 0 aliphatic rings. The molecule has 0 unspecified atom stereocenters. The van der Waals surface area contributed by atoms with Crippen molar-refractivity contribution in [3.63, 3.8) is 0 Å². The van der Waals surface area contributed by atoms with Crippen molar-refractivity contribution >= 4 is 33.2 Å². The number of aryl methyl sites for hydroxylation is 2. The third kappa shape index (κ3) is 4.56. The molecule has 5 nitrogen and oxygen atoms in total. The van der Waals surface area contributed by atoms with Gasteiger partial charge in [-0.05, 0) is 50.1 Å². The molecule has 0 aliphatic carbocycles. The fraction of sp³-hybridized carbons (Fsp3) is 0.316. The molecule has 0 saturated heterocycles. The predicted molar refractivity (Wildman–Crippen MR) is 106 cm³/mol. The number of carbonyl (C=O) groups is 1. The largest absolute Gasteiger partial charge is 0.345 e. The first-order valence-corrected chi connectivity index (χ1v) is 10.3. The van der Waals surface area contributed by atoms with Crippen LogP contribution in [0.3, 0.4) is 0 Å². The average molecular weight is 395 g/mol. The van der Waals surface area contributed by atoms with E-state index in [1.54, 1.807) is 6.07 Å². The predicted octanol–water partition coefficient (Wildman–Crippen LogP) is 3.84. The summed E-state index contributed by atoms with van der Waals surface area (Å²) in [6.45, 7) is 5.94. The fourth-order valence-electron chi connectivity index (χ4n) is 2.74. The lowest BCUT2D eigenvalue weighted by Gasteiger charge is -2.19. The van der Waals surface area contributed by atoms with Crippen LogP contribution in [0.1, 0.15) is 40.0 Å². The summed E-state index contributed by atoms with van der Waals surface area (Å²) in [4.78, 5) is 12.6. The first-order chi connectivity index (χ1) is 12.0. The molecule has 0 heterocycles. The Labute approximate surface area is 160 Å². The third-order valence-corrected chi connectivity index (χ3v) is 5.82. The lowest BCUT2D eigenvalue weighted by molar-refractivity contribution is 0.0940. The van der Waals surface area contributed by atoms with Crippen molar-refractivity contribution in [1.82, 2.24) is 5.32 Å². The lowest BCUT2D eigenvalue weighted by atomic mass is 10.00. The summed E-state index contributed by atoms with van der Waals surface area (Å²) in [5.74, 6) is -0.309. The Kier molecular flexibility index (Phi) is 5.98. The maximum absolute atomic E-state index is 12.6. The van der Waals surface area contributed by atoms with Crippen LogP contribution >= 0.6 is 11.6 Å². The van der Waals surface area contributed by atoms with Gasteiger partial charge in [-0.3, -0.25) is 9.10 Å². The summed E-state index contributed by atoms with van der Waals surface area (Å²) in [5.41, 5.74) is 4.01. The van der Waals surface area contributed by atoms with Gasteiger partial charge < -0.3 is 5.32 Å². The number of anilines is 1. The fourth-order valence-corrected chi connectivity index (χ4v) is 3.50. The highest BCUT2D eigenvalue weighted by Crippen LogP contribution is 2.25. The second-order valence-electron chi connectivity index (χ2n) is 6.45. The van der Waals surface area contributed by atoms with Gasteiger partial charge in [0.2, 0.25) is 10.0 Å². The molecule has 26 heavy (non-hydrogen) atoms. The molecule has 0 radical (unpaired) electrons. The van der Waals surface area contributed by atoms with Crippen molar-refractivity contribution in [2.24, 2.45) is 0 Å². The van der Waals surface area contributed by atoms with E-state index < -0.39 is 10.0 Å². The molecule has 2 aromatic rings. The Morgan fingerprint density at radius 3 is 2.35 bits per heavy atom. The number of carbonyl (C=O) groups excluding carboxylic acids is 1. The molecule has 1 N–H and O–H groups in total. The van der Waals surface area contributed by atoms with Crippen LogP contribution in [0.15, 0.2) is 36.4 Å². The molecular formula is C19H23ClN2O3S. The van der Waals surface area contributed by atoms with Crippen molar-refractivity contribution < 1.29 is 13.2 Å². The zero-order valence-electron chi connectivity index (χ0n) is 15.5. The summed E-state index contributed by atoms with van der Waals surface area (Å²) >= 11 is 6.22. The Bertz CT molecular complexity index is 942. The van der Waals surface area contributed by atoms with Crippen LogP contribution in [0.25, 0.3) is 0 Å². The molecule has 1 amide bonds. The normalized spacial score (nSPS) is 12.5. The molecular weight excluding hydrogens is 372 g/mol. The second-order valence-corrected chi connectivity index (χ2v) is 8.87. The minimum absolute atomic E-state index is 0.183. The summed E-state index contributed by atoms with van der Waals surface area (Å²) in [6.07, 6.45) is 1.10. The monoisotopic (exact) mass is 394 g/mol. The molecule has 0 bridgehead atoms. The molecule has 0 aromatic heterocycles. The van der Waals surface area contributed by atoms with Crippen molar-refractivity contribution in [3.8, 4) is 0 Å². The highest BCUT2D eigenvalue weighted by atomic mass is 35.5. The van der Waals surface area contributed by atoms with Crippen LogP contribution in [-0.4, -0.2) is 27.6 Å². The molecule has 7 heteroatoms. The van der Waals surface area contributed by atoms with Gasteiger partial charge in [0, 0.05) is 7.05 Å². The van der Waals surface area contributed by atoms with E-state index in [4.69, 9.17) is 11.6 Å². The van der Waals surface area contributed by atoms with E-state index in [2.05, 4.69) is 11.4 Å². The van der Waals surface area contributed by atoms with Crippen LogP contribution in [0.2, 0.25) is 5.02 Å². The second kappa shape index (κ2) is 7.68. The van der Waals surface area contributed by atoms with Gasteiger partial charge in [0.1, 0.15) is 0 Å². The number of benzene rings is 2. The minimum atomic E-state index is -3.39. The standard InChI is InChI=1S/C19H23ClN2O3S/c1-12-6-8-16(13(2)10-12)14(3)21-19(23)17-9-7-15(11-18(17)20)22(4)26(5,24)25/h6-11,14H,1-5H3,(H,21,23)/t14-/m1/s1. The van der Waals surface area contributed by atoms with Crippen LogP contribution in [0.5, 0.6) is 0 Å². The Hall–Kier alpha value is -2.05. The quantitative estimate of drug-likeness (QED) is 0.837. The number of nitrogens with zero attached hydrogens (tertiary/aromatic N) is 1. The molecule has 140 valence electrons. The molecule has 2 rings (SSSR count). The Morgan fingerprint density at radius 2 is 1.81 bits per heavy atom. The van der Waals surface area contributed by atoms with Gasteiger partial charge in [-0.2, -0.15) is 0 Å². The van der Waals surface area contributed by atoms with Gasteiger partial charge in [-0.25, -0.2) is 8.42 Å². The van der Waals surface area contributed by atoms with E-state index >= 15 is 0 Å². The molecule has 2 aromatic carbocycles. The SMILES string of the molecule is Cc1ccc([C@@H](C)NC(=O)c2ccc(N(C)S(C)(=O)=O)cc2Cl)c(C)c1. The zero-order valence-corrected chi connectivity index (χ0v) is 17.1. The number of hydrogen-bond acceptors (Lipinski definition) is 3. The molecule has 0 aliphatic heterocycles. The summed E-state index contributed by atoms with van der Waals surface area (Å²) in [6, 6.07) is 10.5. The van der Waals surface area contributed by atoms with Crippen molar-refractivity contribution in [3.05, 3.63) is 63.7 Å². The van der Waals surface area contributed by atoms with Gasteiger partial charge in [-0.1, -0.05) is 35.4 Å². The first kappa shape index (κ1) is 20.3. The van der Waals surface area contributed by atoms with E-state index in [-0.39, 0.29) is 17.0 Å². The van der Waals surface area contributed by atoms with Crippen molar-refractivity contribution in [2.75, 3.05) is 17.6 Å². The van der Waals surface area contributed by atoms with E-state index in [0.717, 1.165) is 21.7 Å². The molecule has 1 atom stereocenters. The van der Waals surface area contributed by atoms with E-state index in [1.165, 1.54) is 24.7 Å². The summed E-state index contributed by atoms with van der Waals surface area (Å²) < 4.78 is 24.4. The highest BCUT2D eigenvalue weighted by molar-refractivity contribution is 7.92. The third-order valence-electron chi connectivity index (χ3n) is 4.30. The number of nitrogens with one attached hydrogen (secondary N) is 1. The lowest BCUT2D eigenvalue weighted by Crippen LogP contribution is -2.28. The van der Waals surface area contributed by atoms with Crippen LogP contribution in [-0.2, 0) is 10.0 Å². The number of rotatable bonds is 5. The highest BCUT2D eigenvalue weighted by Gasteiger charge is 2.18. The summed E-state index contributed by atoms with van der Waals surface area (Å²) in [7, 11) is -1.96. The topological polar surface area (TPSA) is 66.5 Å². The van der Waals surface area contributed by atoms with Gasteiger partial charge >= 0.3 is 0 Å². The van der Waals surface area contributed by atoms with Crippen LogP contribution < -0.4 is 9.62 Å². The van der Waals surface area contributed by atoms with Crippen molar-refractivity contribution in [2.45, 2.75) is 26.8 Å². The number of amides is 1. The average Bonchev–Trinajstić information content (AvgIpc) is 2.52. The van der Waals surface area contributed by atoms with E-state index in [1.807, 2.05) is 32.9 Å². The molecule has 0 fully saturated rings. The smallest absolute Gasteiger partial charge is 0.253 e. The molecule has 0 saturated carbocycles. The van der Waals surface area contributed by atoms with E-state index in [0.29, 0.717) is 11.3 Å². The Morgan fingerprint density at radius 1 is 1.15 bits per heavy atom. The zero-order chi connectivity index (χ0) is 19.6.